The molecule has 13 heavy (non-hydrogen) atoms. The van der Waals surface area contributed by atoms with Crippen LogP contribution in [0.5, 0.6) is 0 Å². The molecule has 0 heterocycles. The van der Waals surface area contributed by atoms with E-state index in [0.29, 0.717) is 12.1 Å². The first-order chi connectivity index (χ1) is 6.22. The van der Waals surface area contributed by atoms with Gasteiger partial charge in [0.15, 0.2) is 0 Å². The van der Waals surface area contributed by atoms with Gasteiger partial charge >= 0.3 is 0 Å². The summed E-state index contributed by atoms with van der Waals surface area (Å²) in [6.07, 6.45) is 0. The summed E-state index contributed by atoms with van der Waals surface area (Å²) in [7, 11) is 0. The minimum atomic E-state index is -0.0515. The number of hydrogen-bond donors (Lipinski definition) is 1. The minimum absolute atomic E-state index is 0.0515. The van der Waals surface area contributed by atoms with E-state index in [2.05, 4.69) is 5.32 Å². The van der Waals surface area contributed by atoms with Crippen molar-refractivity contribution in [3.63, 3.8) is 0 Å². The van der Waals surface area contributed by atoms with Crippen molar-refractivity contribution in [2.75, 3.05) is 0 Å². The maximum Gasteiger partial charge on any atom is 0.217 e. The van der Waals surface area contributed by atoms with Crippen LogP contribution in [-0.2, 0) is 11.3 Å². The average Bonchev–Trinajstić information content (AvgIpc) is 2.15. The Bertz CT molecular complexity index is 335. The van der Waals surface area contributed by atoms with Gasteiger partial charge in [-0.1, -0.05) is 12.1 Å². The van der Waals surface area contributed by atoms with E-state index in [1.807, 2.05) is 18.2 Å². The zero-order chi connectivity index (χ0) is 9.68. The lowest BCUT2D eigenvalue weighted by Gasteiger charge is -2.01. The fourth-order valence-electron chi connectivity index (χ4n) is 0.924. The molecule has 0 unspecified atom stereocenters. The van der Waals surface area contributed by atoms with Crippen molar-refractivity contribution in [3.8, 4) is 6.07 Å². The Morgan fingerprint density at radius 1 is 1.46 bits per heavy atom. The molecule has 3 heteroatoms. The molecule has 0 saturated heterocycles. The van der Waals surface area contributed by atoms with Gasteiger partial charge < -0.3 is 5.32 Å². The van der Waals surface area contributed by atoms with Crippen LogP contribution in [0.15, 0.2) is 24.3 Å². The third kappa shape index (κ3) is 2.96. The van der Waals surface area contributed by atoms with Crippen LogP contribution in [0.3, 0.4) is 0 Å². The van der Waals surface area contributed by atoms with Gasteiger partial charge in [-0.25, -0.2) is 0 Å². The molecule has 3 nitrogen and oxygen atoms in total. The summed E-state index contributed by atoms with van der Waals surface area (Å²) in [4.78, 5) is 10.6. The quantitative estimate of drug-likeness (QED) is 0.732. The number of amides is 1. The summed E-state index contributed by atoms with van der Waals surface area (Å²) < 4.78 is 0. The number of carbonyl (C=O) groups excluding carboxylic acids is 1. The normalized spacial score (nSPS) is 8.92. The molecule has 0 aliphatic carbocycles. The van der Waals surface area contributed by atoms with Crippen molar-refractivity contribution < 1.29 is 4.79 Å². The van der Waals surface area contributed by atoms with Crippen LogP contribution in [0.25, 0.3) is 0 Å². The molecular weight excluding hydrogens is 164 g/mol. The van der Waals surface area contributed by atoms with Crippen molar-refractivity contribution in [1.82, 2.24) is 5.32 Å². The Morgan fingerprint density at radius 3 is 2.54 bits per heavy atom. The minimum Gasteiger partial charge on any atom is -0.352 e. The van der Waals surface area contributed by atoms with Gasteiger partial charge in [0, 0.05) is 13.5 Å². The third-order valence-corrected chi connectivity index (χ3v) is 1.62. The predicted octanol–water partition coefficient (Wildman–Crippen LogP) is 1.19. The van der Waals surface area contributed by atoms with Crippen LogP contribution in [0, 0.1) is 11.3 Å². The van der Waals surface area contributed by atoms with E-state index in [1.54, 1.807) is 12.1 Å². The largest absolute Gasteiger partial charge is 0.352 e. The van der Waals surface area contributed by atoms with E-state index in [-0.39, 0.29) is 5.91 Å². The first kappa shape index (κ1) is 9.27. The zero-order valence-corrected chi connectivity index (χ0v) is 7.37. The van der Waals surface area contributed by atoms with E-state index in [1.165, 1.54) is 6.92 Å². The Morgan fingerprint density at radius 2 is 2.08 bits per heavy atom. The van der Waals surface area contributed by atoms with Gasteiger partial charge in [-0.05, 0) is 17.7 Å². The van der Waals surface area contributed by atoms with E-state index in [4.69, 9.17) is 5.26 Å². The topological polar surface area (TPSA) is 52.9 Å². The average molecular weight is 174 g/mol. The molecule has 1 aromatic rings. The molecule has 0 aliphatic rings. The number of nitrogens with one attached hydrogen (secondary N) is 1. The molecule has 0 saturated carbocycles. The third-order valence-electron chi connectivity index (χ3n) is 1.62. The van der Waals surface area contributed by atoms with Crippen molar-refractivity contribution in [2.24, 2.45) is 0 Å². The van der Waals surface area contributed by atoms with Crippen LogP contribution >= 0.6 is 0 Å². The van der Waals surface area contributed by atoms with Gasteiger partial charge in [-0.3, -0.25) is 4.79 Å². The van der Waals surface area contributed by atoms with E-state index >= 15 is 0 Å². The maximum absolute atomic E-state index is 10.6. The molecule has 1 N–H and O–H groups in total. The second kappa shape index (κ2) is 4.27. The summed E-state index contributed by atoms with van der Waals surface area (Å²) in [6.45, 7) is 1.99. The molecule has 0 atom stereocenters. The summed E-state index contributed by atoms with van der Waals surface area (Å²) in [5.74, 6) is -0.0515. The number of nitriles is 1. The van der Waals surface area contributed by atoms with Crippen LogP contribution in [0.4, 0.5) is 0 Å². The van der Waals surface area contributed by atoms with Gasteiger partial charge in [-0.2, -0.15) is 5.26 Å². The Hall–Kier alpha value is -1.82. The van der Waals surface area contributed by atoms with Crippen molar-refractivity contribution >= 4 is 5.91 Å². The molecule has 0 fully saturated rings. The van der Waals surface area contributed by atoms with E-state index < -0.39 is 0 Å². The monoisotopic (exact) mass is 174 g/mol. The molecule has 0 spiro atoms. The van der Waals surface area contributed by atoms with E-state index in [0.717, 1.165) is 5.56 Å². The van der Waals surface area contributed by atoms with Crippen molar-refractivity contribution in [2.45, 2.75) is 13.5 Å². The molecule has 0 aliphatic heterocycles. The standard InChI is InChI=1S/C10H10N2O/c1-8(13)12-7-10-4-2-9(6-11)3-5-10/h2-5H,7H2,1H3,(H,12,13). The molecule has 1 aromatic carbocycles. The Balaban J connectivity index is 2.60. The lowest BCUT2D eigenvalue weighted by Crippen LogP contribution is -2.18. The number of rotatable bonds is 2. The number of nitrogens with zero attached hydrogens (tertiary/aromatic N) is 1. The SMILES string of the molecule is CC(=O)NCc1ccc(C#N)cc1. The Labute approximate surface area is 77.0 Å². The highest BCUT2D eigenvalue weighted by molar-refractivity contribution is 5.72. The number of benzene rings is 1. The van der Waals surface area contributed by atoms with Gasteiger partial charge in [0.05, 0.1) is 11.6 Å². The molecule has 1 rings (SSSR count). The van der Waals surface area contributed by atoms with Crippen LogP contribution in [0.2, 0.25) is 0 Å². The van der Waals surface area contributed by atoms with Gasteiger partial charge in [-0.15, -0.1) is 0 Å². The summed E-state index contributed by atoms with van der Waals surface area (Å²) in [5.41, 5.74) is 1.63. The second-order valence-corrected chi connectivity index (χ2v) is 2.72. The fourth-order valence-corrected chi connectivity index (χ4v) is 0.924. The van der Waals surface area contributed by atoms with Gasteiger partial charge in [0.1, 0.15) is 0 Å². The van der Waals surface area contributed by atoms with Crippen molar-refractivity contribution in [3.05, 3.63) is 35.4 Å². The number of hydrogen-bond acceptors (Lipinski definition) is 2. The lowest BCUT2D eigenvalue weighted by atomic mass is 10.1. The van der Waals surface area contributed by atoms with Gasteiger partial charge in [0.2, 0.25) is 5.91 Å². The molecule has 0 radical (unpaired) electrons. The highest BCUT2D eigenvalue weighted by atomic mass is 16.1. The van der Waals surface area contributed by atoms with Crippen molar-refractivity contribution in [1.29, 1.82) is 5.26 Å². The highest BCUT2D eigenvalue weighted by Crippen LogP contribution is 2.02. The molecule has 66 valence electrons. The first-order valence-electron chi connectivity index (χ1n) is 3.96. The predicted molar refractivity (Wildman–Crippen MR) is 48.7 cm³/mol. The van der Waals surface area contributed by atoms with Crippen LogP contribution in [-0.4, -0.2) is 5.91 Å². The summed E-state index contributed by atoms with van der Waals surface area (Å²) in [6, 6.07) is 9.15. The first-order valence-corrected chi connectivity index (χ1v) is 3.96. The van der Waals surface area contributed by atoms with Crippen LogP contribution in [0.1, 0.15) is 18.1 Å². The van der Waals surface area contributed by atoms with Crippen LogP contribution < -0.4 is 5.32 Å². The number of carbonyl (C=O) groups is 1. The summed E-state index contributed by atoms with van der Waals surface area (Å²) in [5, 5.41) is 11.2. The molecule has 0 bridgehead atoms. The molecular formula is C10H10N2O. The fraction of sp³-hybridized carbons (Fsp3) is 0.200. The van der Waals surface area contributed by atoms with Gasteiger partial charge in [0.25, 0.3) is 0 Å². The molecule has 0 aromatic heterocycles. The van der Waals surface area contributed by atoms with E-state index in [9.17, 15) is 4.79 Å². The second-order valence-electron chi connectivity index (χ2n) is 2.72. The highest BCUT2D eigenvalue weighted by Gasteiger charge is 1.94. The maximum atomic E-state index is 10.6. The molecule has 1 amide bonds. The Kier molecular flexibility index (Phi) is 3.04. The lowest BCUT2D eigenvalue weighted by molar-refractivity contribution is -0.119. The summed E-state index contributed by atoms with van der Waals surface area (Å²) >= 11 is 0. The zero-order valence-electron chi connectivity index (χ0n) is 7.37. The smallest absolute Gasteiger partial charge is 0.217 e.